The zero-order valence-electron chi connectivity index (χ0n) is 15.3. The lowest BCUT2D eigenvalue weighted by Crippen LogP contribution is -2.54. The Morgan fingerprint density at radius 1 is 1.00 bits per heavy atom. The van der Waals surface area contributed by atoms with Crippen molar-refractivity contribution in [2.24, 2.45) is 0 Å². The van der Waals surface area contributed by atoms with E-state index < -0.39 is 17.6 Å². The van der Waals surface area contributed by atoms with Gasteiger partial charge in [0.15, 0.2) is 5.11 Å². The Bertz CT molecular complexity index is 1290. The second-order valence-corrected chi connectivity index (χ2v) is 8.02. The first-order valence-corrected chi connectivity index (χ1v) is 10.2. The highest BCUT2D eigenvalue weighted by atomic mass is 35.5. The molecule has 1 aliphatic heterocycles. The standard InChI is InChI=1S/C21H10Cl3FN2O3S/c22-10-1-4-15(23)13(7-10)18-6-3-12(30-18)9-14-19(28)26-21(31)27(20(14)29)11-2-5-17(25)16(24)8-11/h1-9H,(H,26,28,31)/b14-9+. The fourth-order valence-corrected chi connectivity index (χ4v) is 3.76. The van der Waals surface area contributed by atoms with Gasteiger partial charge in [0.25, 0.3) is 11.8 Å². The van der Waals surface area contributed by atoms with Gasteiger partial charge in [-0.3, -0.25) is 19.8 Å². The molecule has 2 aromatic carbocycles. The Hall–Kier alpha value is -2.71. The number of halogens is 4. The van der Waals surface area contributed by atoms with Gasteiger partial charge in [-0.1, -0.05) is 34.8 Å². The smallest absolute Gasteiger partial charge is 0.270 e. The average Bonchev–Trinajstić information content (AvgIpc) is 3.18. The van der Waals surface area contributed by atoms with Gasteiger partial charge in [-0.2, -0.15) is 0 Å². The van der Waals surface area contributed by atoms with E-state index >= 15 is 0 Å². The maximum Gasteiger partial charge on any atom is 0.270 e. The van der Waals surface area contributed by atoms with Gasteiger partial charge in [-0.05, 0) is 66.8 Å². The summed E-state index contributed by atoms with van der Waals surface area (Å²) >= 11 is 23.1. The molecule has 2 amide bonds. The van der Waals surface area contributed by atoms with E-state index in [1.54, 1.807) is 30.3 Å². The normalized spacial score (nSPS) is 15.5. The zero-order valence-corrected chi connectivity index (χ0v) is 18.4. The largest absolute Gasteiger partial charge is 0.457 e. The van der Waals surface area contributed by atoms with Crippen molar-refractivity contribution in [3.63, 3.8) is 0 Å². The number of benzene rings is 2. The summed E-state index contributed by atoms with van der Waals surface area (Å²) in [7, 11) is 0. The summed E-state index contributed by atoms with van der Waals surface area (Å²) in [5.74, 6) is -1.42. The van der Waals surface area contributed by atoms with E-state index in [2.05, 4.69) is 5.32 Å². The SMILES string of the molecule is O=C1NC(=S)N(c2ccc(F)c(Cl)c2)C(=O)/C1=C/c1ccc(-c2cc(Cl)ccc2Cl)o1. The molecule has 1 aromatic heterocycles. The number of amides is 2. The minimum absolute atomic E-state index is 0.152. The van der Waals surface area contributed by atoms with E-state index in [9.17, 15) is 14.0 Å². The molecule has 3 aromatic rings. The Kier molecular flexibility index (Phi) is 5.85. The van der Waals surface area contributed by atoms with Crippen LogP contribution in [-0.2, 0) is 9.59 Å². The first-order valence-electron chi connectivity index (χ1n) is 8.66. The van der Waals surface area contributed by atoms with Gasteiger partial charge in [0.1, 0.15) is 22.9 Å². The van der Waals surface area contributed by atoms with E-state index in [1.807, 2.05) is 0 Å². The number of thiocarbonyl (C=S) groups is 1. The number of carbonyl (C=O) groups is 2. The molecule has 0 spiro atoms. The van der Waals surface area contributed by atoms with Crippen molar-refractivity contribution in [1.82, 2.24) is 5.32 Å². The second kappa shape index (κ2) is 8.43. The predicted octanol–water partition coefficient (Wildman–Crippen LogP) is 5.88. The quantitative estimate of drug-likeness (QED) is 0.280. The lowest BCUT2D eigenvalue weighted by molar-refractivity contribution is -0.122. The molecule has 4 rings (SSSR count). The fourth-order valence-electron chi connectivity index (χ4n) is 2.92. The maximum absolute atomic E-state index is 13.5. The van der Waals surface area contributed by atoms with Crippen LogP contribution >= 0.6 is 47.0 Å². The van der Waals surface area contributed by atoms with Crippen LogP contribution in [0.1, 0.15) is 5.76 Å². The van der Waals surface area contributed by atoms with Crippen molar-refractivity contribution >= 4 is 75.7 Å². The molecule has 0 unspecified atom stereocenters. The molecule has 5 nitrogen and oxygen atoms in total. The van der Waals surface area contributed by atoms with Crippen LogP contribution in [0.5, 0.6) is 0 Å². The van der Waals surface area contributed by atoms with E-state index in [4.69, 9.17) is 51.4 Å². The molecule has 156 valence electrons. The molecule has 0 radical (unpaired) electrons. The predicted molar refractivity (Wildman–Crippen MR) is 122 cm³/mol. The van der Waals surface area contributed by atoms with Crippen molar-refractivity contribution in [3.8, 4) is 11.3 Å². The number of hydrogen-bond donors (Lipinski definition) is 1. The maximum atomic E-state index is 13.5. The Morgan fingerprint density at radius 2 is 1.77 bits per heavy atom. The summed E-state index contributed by atoms with van der Waals surface area (Å²) in [5.41, 5.74) is 0.535. The molecular formula is C21H10Cl3FN2O3S. The number of rotatable bonds is 3. The summed E-state index contributed by atoms with van der Waals surface area (Å²) in [6, 6.07) is 11.8. The Balaban J connectivity index is 1.70. The number of furan rings is 1. The molecule has 0 saturated carbocycles. The highest BCUT2D eigenvalue weighted by Gasteiger charge is 2.35. The Labute approximate surface area is 196 Å². The highest BCUT2D eigenvalue weighted by molar-refractivity contribution is 7.80. The Morgan fingerprint density at radius 3 is 2.52 bits per heavy atom. The topological polar surface area (TPSA) is 62.6 Å². The van der Waals surface area contributed by atoms with Gasteiger partial charge in [-0.15, -0.1) is 0 Å². The summed E-state index contributed by atoms with van der Waals surface area (Å²) < 4.78 is 19.2. The van der Waals surface area contributed by atoms with Gasteiger partial charge in [-0.25, -0.2) is 4.39 Å². The van der Waals surface area contributed by atoms with Crippen LogP contribution in [0.3, 0.4) is 0 Å². The fraction of sp³-hybridized carbons (Fsp3) is 0. The number of anilines is 1. The van der Waals surface area contributed by atoms with Crippen LogP contribution in [0, 0.1) is 5.82 Å². The molecular weight excluding hydrogens is 486 g/mol. The van der Waals surface area contributed by atoms with Crippen LogP contribution in [0.2, 0.25) is 15.1 Å². The summed E-state index contributed by atoms with van der Waals surface area (Å²) in [6.07, 6.45) is 1.28. The van der Waals surface area contributed by atoms with Crippen molar-refractivity contribution in [3.05, 3.63) is 80.7 Å². The van der Waals surface area contributed by atoms with Crippen molar-refractivity contribution in [2.45, 2.75) is 0 Å². The molecule has 2 heterocycles. The first-order chi connectivity index (χ1) is 14.7. The summed E-state index contributed by atoms with van der Waals surface area (Å²) in [5, 5.41) is 2.98. The third kappa shape index (κ3) is 4.22. The molecule has 1 N–H and O–H groups in total. The minimum Gasteiger partial charge on any atom is -0.457 e. The van der Waals surface area contributed by atoms with Crippen LogP contribution in [0.4, 0.5) is 10.1 Å². The zero-order chi connectivity index (χ0) is 22.3. The van der Waals surface area contributed by atoms with Crippen molar-refractivity contribution in [2.75, 3.05) is 4.90 Å². The lowest BCUT2D eigenvalue weighted by Gasteiger charge is -2.28. The first kappa shape index (κ1) is 21.5. The minimum atomic E-state index is -0.713. The lowest BCUT2D eigenvalue weighted by atomic mass is 10.1. The third-order valence-corrected chi connectivity index (χ3v) is 5.51. The summed E-state index contributed by atoms with van der Waals surface area (Å²) in [4.78, 5) is 26.5. The number of nitrogens with one attached hydrogen (secondary N) is 1. The molecule has 1 saturated heterocycles. The van der Waals surface area contributed by atoms with Gasteiger partial charge in [0.05, 0.1) is 15.7 Å². The van der Waals surface area contributed by atoms with E-state index in [1.165, 1.54) is 18.2 Å². The number of carbonyl (C=O) groups excluding carboxylic acids is 2. The second-order valence-electron chi connectivity index (χ2n) is 6.38. The van der Waals surface area contributed by atoms with Crippen LogP contribution in [0.25, 0.3) is 17.4 Å². The monoisotopic (exact) mass is 494 g/mol. The molecule has 1 fully saturated rings. The van der Waals surface area contributed by atoms with Crippen LogP contribution in [0.15, 0.2) is 58.5 Å². The molecule has 0 atom stereocenters. The van der Waals surface area contributed by atoms with Gasteiger partial charge >= 0.3 is 0 Å². The van der Waals surface area contributed by atoms with Gasteiger partial charge < -0.3 is 4.42 Å². The van der Waals surface area contributed by atoms with Crippen molar-refractivity contribution in [1.29, 1.82) is 0 Å². The van der Waals surface area contributed by atoms with Crippen LogP contribution < -0.4 is 10.2 Å². The van der Waals surface area contributed by atoms with Crippen molar-refractivity contribution < 1.29 is 18.4 Å². The summed E-state index contributed by atoms with van der Waals surface area (Å²) in [6.45, 7) is 0. The molecule has 0 bridgehead atoms. The number of hydrogen-bond acceptors (Lipinski definition) is 4. The molecule has 31 heavy (non-hydrogen) atoms. The van der Waals surface area contributed by atoms with Crippen LogP contribution in [-0.4, -0.2) is 16.9 Å². The average molecular weight is 496 g/mol. The molecule has 0 aliphatic carbocycles. The van der Waals surface area contributed by atoms with Gasteiger partial charge in [0, 0.05) is 10.6 Å². The highest BCUT2D eigenvalue weighted by Crippen LogP contribution is 2.33. The third-order valence-electron chi connectivity index (χ3n) is 4.37. The molecule has 1 aliphatic rings. The van der Waals surface area contributed by atoms with E-state index in [0.29, 0.717) is 21.4 Å². The van der Waals surface area contributed by atoms with E-state index in [0.717, 1.165) is 11.0 Å². The molecule has 10 heteroatoms. The number of nitrogens with zero attached hydrogens (tertiary/aromatic N) is 1. The van der Waals surface area contributed by atoms with Gasteiger partial charge in [0.2, 0.25) is 0 Å². The van der Waals surface area contributed by atoms with E-state index in [-0.39, 0.29) is 27.2 Å².